The smallest absolute Gasteiger partial charge is 0.269 e. The zero-order chi connectivity index (χ0) is 18.6. The molecule has 2 aromatic carbocycles. The van der Waals surface area contributed by atoms with Crippen LogP contribution in [0.5, 0.6) is 17.2 Å². The maximum atomic E-state index is 12.6. The number of carbonyl (C=O) groups is 1. The number of amides is 1. The largest absolute Gasteiger partial charge is 0.493 e. The van der Waals surface area contributed by atoms with E-state index < -0.39 is 10.8 Å². The first kappa shape index (κ1) is 18.5. The maximum absolute atomic E-state index is 12.6. The molecule has 0 bridgehead atoms. The van der Waals surface area contributed by atoms with Gasteiger partial charge in [0.1, 0.15) is 0 Å². The van der Waals surface area contributed by atoms with Crippen LogP contribution >= 0.6 is 15.9 Å². The summed E-state index contributed by atoms with van der Waals surface area (Å²) in [6.07, 6.45) is 0. The first-order chi connectivity index (χ1) is 11.9. The molecule has 25 heavy (non-hydrogen) atoms. The predicted octanol–water partition coefficient (Wildman–Crippen LogP) is 3.64. The molecule has 0 spiro atoms. The maximum Gasteiger partial charge on any atom is 0.269 e. The number of anilines is 1. The molecule has 0 saturated heterocycles. The Morgan fingerprint density at radius 3 is 2.16 bits per heavy atom. The molecule has 1 amide bonds. The number of nitro groups is 1. The zero-order valence-corrected chi connectivity index (χ0v) is 15.2. The molecule has 0 aliphatic carbocycles. The van der Waals surface area contributed by atoms with Gasteiger partial charge in [-0.3, -0.25) is 14.9 Å². The number of carbonyl (C=O) groups excluding carboxylic acids is 1. The minimum Gasteiger partial charge on any atom is -0.493 e. The van der Waals surface area contributed by atoms with E-state index in [1.165, 1.54) is 51.7 Å². The summed E-state index contributed by atoms with van der Waals surface area (Å²) < 4.78 is 16.2. The Kier molecular flexibility index (Phi) is 5.81. The number of nitro benzene ring substituents is 1. The molecule has 1 N–H and O–H groups in total. The number of non-ortho nitro benzene ring substituents is 1. The van der Waals surface area contributed by atoms with Crippen LogP contribution in [0.4, 0.5) is 11.4 Å². The van der Waals surface area contributed by atoms with Gasteiger partial charge in [0.2, 0.25) is 5.75 Å². The van der Waals surface area contributed by atoms with Crippen molar-refractivity contribution in [2.75, 3.05) is 26.6 Å². The predicted molar refractivity (Wildman–Crippen MR) is 94.8 cm³/mol. The zero-order valence-electron chi connectivity index (χ0n) is 13.7. The Morgan fingerprint density at radius 1 is 1.08 bits per heavy atom. The normalized spacial score (nSPS) is 10.1. The van der Waals surface area contributed by atoms with Crippen LogP contribution in [-0.2, 0) is 0 Å². The third-order valence-corrected chi connectivity index (χ3v) is 4.14. The first-order valence-electron chi connectivity index (χ1n) is 6.97. The molecular weight excluding hydrogens is 396 g/mol. The van der Waals surface area contributed by atoms with Gasteiger partial charge in [-0.1, -0.05) is 0 Å². The lowest BCUT2D eigenvalue weighted by atomic mass is 10.1. The fraction of sp³-hybridized carbons (Fsp3) is 0.188. The Morgan fingerprint density at radius 2 is 1.68 bits per heavy atom. The fourth-order valence-electron chi connectivity index (χ4n) is 2.15. The van der Waals surface area contributed by atoms with E-state index in [9.17, 15) is 14.9 Å². The number of methoxy groups -OCH3 is 3. The van der Waals surface area contributed by atoms with Crippen LogP contribution in [0.15, 0.2) is 34.8 Å². The molecule has 2 rings (SSSR count). The second kappa shape index (κ2) is 7.84. The van der Waals surface area contributed by atoms with E-state index in [1.807, 2.05) is 0 Å². The molecule has 0 heterocycles. The number of hydrogen-bond donors (Lipinski definition) is 1. The fourth-order valence-corrected chi connectivity index (χ4v) is 2.79. The van der Waals surface area contributed by atoms with Crippen LogP contribution in [-0.4, -0.2) is 32.2 Å². The Labute approximate surface area is 152 Å². The standard InChI is InChI=1S/C16H15BrN2O6/c1-23-12-8-11(13(17)15(25-3)14(12)24-2)16(20)18-9-4-6-10(7-5-9)19(21)22/h4-8H,1-3H3,(H,18,20). The number of nitrogens with zero attached hydrogens (tertiary/aromatic N) is 1. The van der Waals surface area contributed by atoms with E-state index in [0.29, 0.717) is 27.4 Å². The van der Waals surface area contributed by atoms with Gasteiger partial charge in [-0.05, 0) is 34.1 Å². The molecule has 9 heteroatoms. The van der Waals surface area contributed by atoms with E-state index in [0.717, 1.165) is 0 Å². The number of nitrogens with one attached hydrogen (secondary N) is 1. The van der Waals surface area contributed by atoms with Gasteiger partial charge in [-0.2, -0.15) is 0 Å². The number of halogens is 1. The van der Waals surface area contributed by atoms with Gasteiger partial charge in [0, 0.05) is 17.8 Å². The molecule has 0 aliphatic heterocycles. The molecular formula is C16H15BrN2O6. The quantitative estimate of drug-likeness (QED) is 0.576. The van der Waals surface area contributed by atoms with Crippen LogP contribution in [0.2, 0.25) is 0 Å². The summed E-state index contributed by atoms with van der Waals surface area (Å²) in [7, 11) is 4.35. The van der Waals surface area contributed by atoms with Crippen molar-refractivity contribution in [1.82, 2.24) is 0 Å². The number of rotatable bonds is 6. The second-order valence-electron chi connectivity index (χ2n) is 4.76. The highest BCUT2D eigenvalue weighted by atomic mass is 79.9. The monoisotopic (exact) mass is 410 g/mol. The van der Waals surface area contributed by atoms with Crippen molar-refractivity contribution in [3.63, 3.8) is 0 Å². The SMILES string of the molecule is COc1cc(C(=O)Nc2ccc([N+](=O)[O-])cc2)c(Br)c(OC)c1OC. The van der Waals surface area contributed by atoms with E-state index in [-0.39, 0.29) is 11.3 Å². The second-order valence-corrected chi connectivity index (χ2v) is 5.56. The molecule has 0 unspecified atom stereocenters. The van der Waals surface area contributed by atoms with Gasteiger partial charge < -0.3 is 19.5 Å². The van der Waals surface area contributed by atoms with E-state index >= 15 is 0 Å². The summed E-state index contributed by atoms with van der Waals surface area (Å²) in [6.45, 7) is 0. The van der Waals surface area contributed by atoms with Crippen molar-refractivity contribution in [2.45, 2.75) is 0 Å². The first-order valence-corrected chi connectivity index (χ1v) is 7.76. The van der Waals surface area contributed by atoms with Gasteiger partial charge in [0.05, 0.1) is 36.3 Å². The van der Waals surface area contributed by atoms with Gasteiger partial charge in [0.15, 0.2) is 11.5 Å². The van der Waals surface area contributed by atoms with E-state index in [1.54, 1.807) is 0 Å². The molecule has 8 nitrogen and oxygen atoms in total. The van der Waals surface area contributed by atoms with Gasteiger partial charge >= 0.3 is 0 Å². The molecule has 2 aromatic rings. The molecule has 0 fully saturated rings. The molecule has 0 aliphatic rings. The van der Waals surface area contributed by atoms with Gasteiger partial charge in [-0.25, -0.2) is 0 Å². The van der Waals surface area contributed by atoms with E-state index in [2.05, 4.69) is 21.2 Å². The van der Waals surface area contributed by atoms with Crippen molar-refractivity contribution in [2.24, 2.45) is 0 Å². The number of hydrogen-bond acceptors (Lipinski definition) is 6. The molecule has 132 valence electrons. The number of ether oxygens (including phenoxy) is 3. The Hall–Kier alpha value is -2.81. The topological polar surface area (TPSA) is 99.9 Å². The summed E-state index contributed by atoms with van der Waals surface area (Å²) in [5.74, 6) is 0.552. The molecule has 0 aromatic heterocycles. The summed E-state index contributed by atoms with van der Waals surface area (Å²) in [5.41, 5.74) is 0.607. The Balaban J connectivity index is 2.37. The molecule has 0 radical (unpaired) electrons. The average molecular weight is 411 g/mol. The van der Waals surface area contributed by atoms with Gasteiger partial charge in [-0.15, -0.1) is 0 Å². The van der Waals surface area contributed by atoms with Crippen LogP contribution in [0.3, 0.4) is 0 Å². The lowest BCUT2D eigenvalue weighted by molar-refractivity contribution is -0.384. The minimum absolute atomic E-state index is 0.0630. The lowest BCUT2D eigenvalue weighted by Crippen LogP contribution is -2.13. The molecule has 0 atom stereocenters. The van der Waals surface area contributed by atoms with Crippen molar-refractivity contribution >= 4 is 33.2 Å². The Bertz CT molecular complexity index is 807. The average Bonchev–Trinajstić information content (AvgIpc) is 2.61. The van der Waals surface area contributed by atoms with Crippen molar-refractivity contribution < 1.29 is 23.9 Å². The summed E-state index contributed by atoms with van der Waals surface area (Å²) in [5, 5.41) is 13.3. The van der Waals surface area contributed by atoms with Crippen LogP contribution in [0.25, 0.3) is 0 Å². The summed E-state index contributed by atoms with van der Waals surface area (Å²) >= 11 is 3.33. The van der Waals surface area contributed by atoms with Crippen molar-refractivity contribution in [3.05, 3.63) is 50.5 Å². The summed E-state index contributed by atoms with van der Waals surface area (Å²) in [4.78, 5) is 22.7. The van der Waals surface area contributed by atoms with Crippen LogP contribution < -0.4 is 19.5 Å². The van der Waals surface area contributed by atoms with Crippen LogP contribution in [0, 0.1) is 10.1 Å². The lowest BCUT2D eigenvalue weighted by Gasteiger charge is -2.16. The minimum atomic E-state index is -0.513. The van der Waals surface area contributed by atoms with Crippen LogP contribution in [0.1, 0.15) is 10.4 Å². The highest BCUT2D eigenvalue weighted by molar-refractivity contribution is 9.10. The van der Waals surface area contributed by atoms with Gasteiger partial charge in [0.25, 0.3) is 11.6 Å². The number of benzene rings is 2. The highest BCUT2D eigenvalue weighted by Crippen LogP contribution is 2.44. The van der Waals surface area contributed by atoms with Crippen molar-refractivity contribution in [3.8, 4) is 17.2 Å². The molecule has 0 saturated carbocycles. The summed E-state index contributed by atoms with van der Waals surface area (Å²) in [6, 6.07) is 7.01. The van der Waals surface area contributed by atoms with E-state index in [4.69, 9.17) is 14.2 Å². The third-order valence-electron chi connectivity index (χ3n) is 3.35. The highest BCUT2D eigenvalue weighted by Gasteiger charge is 2.23. The third kappa shape index (κ3) is 3.82. The van der Waals surface area contributed by atoms with Crippen molar-refractivity contribution in [1.29, 1.82) is 0 Å².